The van der Waals surface area contributed by atoms with Crippen LogP contribution in [0.2, 0.25) is 0 Å². The lowest BCUT2D eigenvalue weighted by Crippen LogP contribution is -2.28. The molecule has 0 heterocycles. The fourth-order valence-corrected chi connectivity index (χ4v) is 1.51. The summed E-state index contributed by atoms with van der Waals surface area (Å²) in [5.74, 6) is 0.626. The summed E-state index contributed by atoms with van der Waals surface area (Å²) in [4.78, 5) is 11.9. The van der Waals surface area contributed by atoms with Gasteiger partial charge in [-0.3, -0.25) is 4.79 Å². The molecule has 1 rings (SSSR count). The summed E-state index contributed by atoms with van der Waals surface area (Å²) < 4.78 is 5.45. The number of ether oxygens (including phenoxy) is 1. The van der Waals surface area contributed by atoms with E-state index in [-0.39, 0.29) is 24.2 Å². The number of hydrogen-bond acceptors (Lipinski definition) is 3. The van der Waals surface area contributed by atoms with E-state index < -0.39 is 0 Å². The topological polar surface area (TPSA) is 50.4 Å². The van der Waals surface area contributed by atoms with Crippen molar-refractivity contribution in [3.63, 3.8) is 0 Å². The highest BCUT2D eigenvalue weighted by atomic mass is 35.5. The predicted molar refractivity (Wildman–Crippen MR) is 76.6 cm³/mol. The first-order valence-corrected chi connectivity index (χ1v) is 5.86. The van der Waals surface area contributed by atoms with Gasteiger partial charge in [0.05, 0.1) is 12.3 Å². The van der Waals surface area contributed by atoms with E-state index in [1.165, 1.54) is 0 Å². The first kappa shape index (κ1) is 16.7. The smallest absolute Gasteiger partial charge is 0.228 e. The molecule has 1 aromatic rings. The largest absolute Gasteiger partial charge is 0.492 e. The number of carbonyl (C=O) groups is 1. The van der Waals surface area contributed by atoms with Crippen LogP contribution >= 0.6 is 12.4 Å². The summed E-state index contributed by atoms with van der Waals surface area (Å²) in [6.45, 7) is 5.04. The normalized spacial score (nSPS) is 11.3. The summed E-state index contributed by atoms with van der Waals surface area (Å²) in [6.07, 6.45) is 0. The molecule has 4 nitrogen and oxygen atoms in total. The Morgan fingerprint density at radius 2 is 2.06 bits per heavy atom. The Morgan fingerprint density at radius 1 is 1.39 bits per heavy atom. The molecule has 1 unspecified atom stereocenters. The minimum atomic E-state index is -0.0744. The molecule has 5 heteroatoms. The van der Waals surface area contributed by atoms with E-state index >= 15 is 0 Å². The third-order valence-electron chi connectivity index (χ3n) is 2.40. The zero-order valence-corrected chi connectivity index (χ0v) is 11.8. The van der Waals surface area contributed by atoms with Crippen LogP contribution in [0.1, 0.15) is 13.8 Å². The van der Waals surface area contributed by atoms with E-state index in [2.05, 4.69) is 10.6 Å². The molecular weight excluding hydrogens is 252 g/mol. The zero-order chi connectivity index (χ0) is 12.7. The van der Waals surface area contributed by atoms with Gasteiger partial charge in [0.25, 0.3) is 0 Å². The summed E-state index contributed by atoms with van der Waals surface area (Å²) in [5.41, 5.74) is 0.724. The van der Waals surface area contributed by atoms with Crippen molar-refractivity contribution in [1.29, 1.82) is 0 Å². The molecule has 0 saturated heterocycles. The zero-order valence-electron chi connectivity index (χ0n) is 11.0. The Bertz CT molecular complexity index is 372. The van der Waals surface area contributed by atoms with Gasteiger partial charge in [-0.2, -0.15) is 0 Å². The van der Waals surface area contributed by atoms with Crippen molar-refractivity contribution < 1.29 is 9.53 Å². The number of benzene rings is 1. The third kappa shape index (κ3) is 4.94. The number of anilines is 1. The highest BCUT2D eigenvalue weighted by Gasteiger charge is 2.13. The molecule has 0 aliphatic rings. The summed E-state index contributed by atoms with van der Waals surface area (Å²) >= 11 is 0. The van der Waals surface area contributed by atoms with Crippen molar-refractivity contribution in [3.8, 4) is 5.75 Å². The number of carbonyl (C=O) groups excluding carboxylic acids is 1. The van der Waals surface area contributed by atoms with E-state index in [4.69, 9.17) is 4.74 Å². The van der Waals surface area contributed by atoms with Crippen LogP contribution in [-0.2, 0) is 4.79 Å². The lowest BCUT2D eigenvalue weighted by molar-refractivity contribution is -0.119. The van der Waals surface area contributed by atoms with Crippen LogP contribution in [0.5, 0.6) is 5.75 Å². The Morgan fingerprint density at radius 3 is 2.67 bits per heavy atom. The third-order valence-corrected chi connectivity index (χ3v) is 2.40. The fourth-order valence-electron chi connectivity index (χ4n) is 1.51. The molecule has 0 fully saturated rings. The van der Waals surface area contributed by atoms with Gasteiger partial charge in [0, 0.05) is 12.5 Å². The van der Waals surface area contributed by atoms with Gasteiger partial charge in [0.1, 0.15) is 5.75 Å². The van der Waals surface area contributed by atoms with Gasteiger partial charge < -0.3 is 15.4 Å². The first-order chi connectivity index (χ1) is 8.19. The summed E-state index contributed by atoms with van der Waals surface area (Å²) in [6, 6.07) is 7.45. The molecule has 0 aliphatic heterocycles. The van der Waals surface area contributed by atoms with E-state index in [0.717, 1.165) is 5.69 Å². The average molecular weight is 273 g/mol. The SMILES string of the molecule is CCOc1ccccc1NC(=O)C(C)CNC.Cl. The van der Waals surface area contributed by atoms with Crippen LogP contribution in [0.4, 0.5) is 5.69 Å². The molecule has 0 aliphatic carbocycles. The quantitative estimate of drug-likeness (QED) is 0.835. The van der Waals surface area contributed by atoms with Gasteiger partial charge in [0.2, 0.25) is 5.91 Å². The van der Waals surface area contributed by atoms with Crippen molar-refractivity contribution >= 4 is 24.0 Å². The van der Waals surface area contributed by atoms with Gasteiger partial charge in [-0.1, -0.05) is 19.1 Å². The molecule has 0 saturated carbocycles. The Hall–Kier alpha value is -1.26. The second kappa shape index (κ2) is 8.78. The van der Waals surface area contributed by atoms with Gasteiger partial charge in [-0.15, -0.1) is 12.4 Å². The van der Waals surface area contributed by atoms with Gasteiger partial charge in [-0.25, -0.2) is 0 Å². The number of amides is 1. The molecule has 0 spiro atoms. The highest BCUT2D eigenvalue weighted by molar-refractivity contribution is 5.93. The standard InChI is InChI=1S/C13H20N2O2.ClH/c1-4-17-12-8-6-5-7-11(12)15-13(16)10(2)9-14-3;/h5-8,10,14H,4,9H2,1-3H3,(H,15,16);1H. The van der Waals surface area contributed by atoms with Crippen LogP contribution in [0.25, 0.3) is 0 Å². The molecule has 0 bridgehead atoms. The van der Waals surface area contributed by atoms with E-state index in [9.17, 15) is 4.79 Å². The van der Waals surface area contributed by atoms with Crippen LogP contribution in [0.15, 0.2) is 24.3 Å². The van der Waals surface area contributed by atoms with Crippen molar-refractivity contribution in [3.05, 3.63) is 24.3 Å². The monoisotopic (exact) mass is 272 g/mol. The average Bonchev–Trinajstić information content (AvgIpc) is 2.32. The van der Waals surface area contributed by atoms with Gasteiger partial charge in [-0.05, 0) is 26.1 Å². The number of para-hydroxylation sites is 2. The lowest BCUT2D eigenvalue weighted by atomic mass is 10.1. The van der Waals surface area contributed by atoms with E-state index in [1.54, 1.807) is 0 Å². The first-order valence-electron chi connectivity index (χ1n) is 5.86. The van der Waals surface area contributed by atoms with Crippen LogP contribution < -0.4 is 15.4 Å². The maximum Gasteiger partial charge on any atom is 0.228 e. The highest BCUT2D eigenvalue weighted by Crippen LogP contribution is 2.24. The van der Waals surface area contributed by atoms with Crippen molar-refractivity contribution in [2.24, 2.45) is 5.92 Å². The Labute approximate surface area is 115 Å². The van der Waals surface area contributed by atoms with E-state index in [1.807, 2.05) is 45.2 Å². The second-order valence-electron chi connectivity index (χ2n) is 3.88. The molecule has 0 aromatic heterocycles. The van der Waals surface area contributed by atoms with Crippen molar-refractivity contribution in [2.75, 3.05) is 25.5 Å². The Kier molecular flexibility index (Phi) is 8.16. The fraction of sp³-hybridized carbons (Fsp3) is 0.462. The number of hydrogen-bond donors (Lipinski definition) is 2. The summed E-state index contributed by atoms with van der Waals surface area (Å²) in [5, 5.41) is 5.86. The summed E-state index contributed by atoms with van der Waals surface area (Å²) in [7, 11) is 1.83. The van der Waals surface area contributed by atoms with Crippen LogP contribution in [-0.4, -0.2) is 26.1 Å². The predicted octanol–water partition coefficient (Wildman–Crippen LogP) is 2.30. The molecule has 1 amide bonds. The molecule has 1 atom stereocenters. The van der Waals surface area contributed by atoms with Crippen LogP contribution in [0, 0.1) is 5.92 Å². The number of rotatable bonds is 6. The van der Waals surface area contributed by atoms with E-state index in [0.29, 0.717) is 18.9 Å². The molecular formula is C13H21ClN2O2. The number of halogens is 1. The maximum absolute atomic E-state index is 11.9. The molecule has 2 N–H and O–H groups in total. The molecule has 0 radical (unpaired) electrons. The van der Waals surface area contributed by atoms with Crippen LogP contribution in [0.3, 0.4) is 0 Å². The second-order valence-corrected chi connectivity index (χ2v) is 3.88. The Balaban J connectivity index is 0.00000289. The van der Waals surface area contributed by atoms with Gasteiger partial charge in [0.15, 0.2) is 0 Å². The molecule has 102 valence electrons. The molecule has 1 aromatic carbocycles. The van der Waals surface area contributed by atoms with Crippen molar-refractivity contribution in [2.45, 2.75) is 13.8 Å². The van der Waals surface area contributed by atoms with Gasteiger partial charge >= 0.3 is 0 Å². The maximum atomic E-state index is 11.9. The number of nitrogens with one attached hydrogen (secondary N) is 2. The molecule has 18 heavy (non-hydrogen) atoms. The minimum absolute atomic E-state index is 0. The van der Waals surface area contributed by atoms with Crippen molar-refractivity contribution in [1.82, 2.24) is 5.32 Å². The minimum Gasteiger partial charge on any atom is -0.492 e. The lowest BCUT2D eigenvalue weighted by Gasteiger charge is -2.14.